The van der Waals surface area contributed by atoms with Crippen LogP contribution in [0.25, 0.3) is 0 Å². The molecule has 0 aromatic carbocycles. The maximum Gasteiger partial charge on any atom is 0.292 e. The van der Waals surface area contributed by atoms with Crippen LogP contribution in [0.5, 0.6) is 0 Å². The smallest absolute Gasteiger partial charge is 0.218 e. The fourth-order valence-corrected chi connectivity index (χ4v) is 1.10. The molecular formula is C6H5Cl2N2O+. The second-order valence-corrected chi connectivity index (χ2v) is 2.69. The first-order chi connectivity index (χ1) is 5.11. The highest BCUT2D eigenvalue weighted by Crippen LogP contribution is 2.22. The Balaban J connectivity index is 3.20. The van der Waals surface area contributed by atoms with E-state index in [2.05, 4.69) is 4.98 Å². The van der Waals surface area contributed by atoms with Gasteiger partial charge in [-0.15, -0.1) is 0 Å². The fraction of sp³-hybridized carbons (Fsp3) is 0.167. The summed E-state index contributed by atoms with van der Waals surface area (Å²) in [6.45, 7) is 0. The topological polar surface area (TPSA) is 33.0 Å². The Morgan fingerprint density at radius 2 is 2.09 bits per heavy atom. The van der Waals surface area contributed by atoms with Crippen molar-refractivity contribution in [3.05, 3.63) is 27.3 Å². The lowest BCUT2D eigenvalue weighted by Crippen LogP contribution is -1.92. The number of rotatable bonds is 1. The second-order valence-electron chi connectivity index (χ2n) is 1.94. The molecule has 0 saturated carbocycles. The van der Waals surface area contributed by atoms with Gasteiger partial charge in [0.05, 0.1) is 0 Å². The molecule has 0 bridgehead atoms. The van der Waals surface area contributed by atoms with Crippen LogP contribution in [-0.2, 0) is 0 Å². The molecule has 0 amide bonds. The number of nitroso groups, excluding NO2 is 1. The Morgan fingerprint density at radius 1 is 1.45 bits per heavy atom. The Kier molecular flexibility index (Phi) is 2.42. The molecule has 0 fully saturated rings. The first kappa shape index (κ1) is 8.43. The molecule has 0 saturated heterocycles. The number of hydrogen-bond acceptors (Lipinski definition) is 2. The van der Waals surface area contributed by atoms with Crippen LogP contribution in [-0.4, -0.2) is 16.8 Å². The fourth-order valence-electron chi connectivity index (χ4n) is 0.640. The number of halogens is 2. The minimum atomic E-state index is 0.120. The van der Waals surface area contributed by atoms with Crippen LogP contribution in [0.2, 0.25) is 10.3 Å². The van der Waals surface area contributed by atoms with Gasteiger partial charge in [-0.25, -0.2) is 4.98 Å². The lowest BCUT2D eigenvalue weighted by molar-refractivity contribution is -0.428. The first-order valence-electron chi connectivity index (χ1n) is 2.84. The van der Waals surface area contributed by atoms with Crippen molar-refractivity contribution in [1.82, 2.24) is 4.98 Å². The number of pyridine rings is 1. The molecule has 5 heteroatoms. The molecule has 0 N–H and O–H groups in total. The minimum absolute atomic E-state index is 0.120. The molecule has 0 unspecified atom stereocenters. The molecule has 0 aliphatic carbocycles. The third-order valence-corrected chi connectivity index (χ3v) is 1.62. The summed E-state index contributed by atoms with van der Waals surface area (Å²) in [6.07, 6.45) is 0. The van der Waals surface area contributed by atoms with E-state index in [1.807, 2.05) is 0 Å². The Hall–Kier alpha value is -0.670. The zero-order valence-corrected chi connectivity index (χ0v) is 7.23. The van der Waals surface area contributed by atoms with Gasteiger partial charge in [0, 0.05) is 15.7 Å². The summed E-state index contributed by atoms with van der Waals surface area (Å²) in [5.41, 5.74) is 0.316. The molecule has 1 heterocycles. The third-order valence-electron chi connectivity index (χ3n) is 1.13. The average molecular weight is 192 g/mol. The number of aromatic nitrogens is 1. The van der Waals surface area contributed by atoms with Crippen molar-refractivity contribution in [2.45, 2.75) is 0 Å². The van der Waals surface area contributed by atoms with E-state index in [0.29, 0.717) is 10.4 Å². The maximum absolute atomic E-state index is 10.7. The van der Waals surface area contributed by atoms with Crippen LogP contribution in [0.15, 0.2) is 12.1 Å². The van der Waals surface area contributed by atoms with E-state index >= 15 is 0 Å². The highest BCUT2D eigenvalue weighted by molar-refractivity contribution is 6.33. The monoisotopic (exact) mass is 191 g/mol. The van der Waals surface area contributed by atoms with Gasteiger partial charge in [0.15, 0.2) is 7.05 Å². The molecule has 0 aliphatic rings. The van der Waals surface area contributed by atoms with Crippen molar-refractivity contribution in [2.75, 3.05) is 7.05 Å². The van der Waals surface area contributed by atoms with Gasteiger partial charge in [0.1, 0.15) is 5.15 Å². The predicted octanol–water partition coefficient (Wildman–Crippen LogP) is 2.43. The van der Waals surface area contributed by atoms with Crippen molar-refractivity contribution in [3.8, 4) is 0 Å². The van der Waals surface area contributed by atoms with E-state index in [4.69, 9.17) is 23.2 Å². The van der Waals surface area contributed by atoms with Gasteiger partial charge in [-0.2, -0.15) is 0 Å². The molecule has 0 atom stereocenters. The van der Waals surface area contributed by atoms with E-state index < -0.39 is 0 Å². The molecule has 0 spiro atoms. The van der Waals surface area contributed by atoms with Crippen molar-refractivity contribution in [3.63, 3.8) is 0 Å². The lowest BCUT2D eigenvalue weighted by Gasteiger charge is -1.91. The van der Waals surface area contributed by atoms with E-state index in [1.165, 1.54) is 19.2 Å². The summed E-state index contributed by atoms with van der Waals surface area (Å²) in [5.74, 6) is 0. The van der Waals surface area contributed by atoms with Gasteiger partial charge >= 0.3 is 0 Å². The molecule has 0 radical (unpaired) electrons. The molecular weight excluding hydrogens is 187 g/mol. The molecule has 1 aromatic heterocycles. The highest BCUT2D eigenvalue weighted by atomic mass is 35.5. The SMILES string of the molecule is C[N+](=O)c1ccc(Cl)nc1Cl. The summed E-state index contributed by atoms with van der Waals surface area (Å²) in [6, 6.07) is 3.03. The minimum Gasteiger partial charge on any atom is -0.218 e. The quantitative estimate of drug-likeness (QED) is 0.505. The molecule has 1 aromatic rings. The average Bonchev–Trinajstić information content (AvgIpc) is 1.85. The summed E-state index contributed by atoms with van der Waals surface area (Å²) in [5, 5.41) is 0.399. The van der Waals surface area contributed by atoms with Crippen LogP contribution in [0.4, 0.5) is 5.69 Å². The van der Waals surface area contributed by atoms with Crippen LogP contribution >= 0.6 is 23.2 Å². The summed E-state index contributed by atoms with van der Waals surface area (Å²) in [4.78, 5) is 14.4. The molecule has 11 heavy (non-hydrogen) atoms. The van der Waals surface area contributed by atoms with Gasteiger partial charge in [0.25, 0.3) is 5.69 Å². The lowest BCUT2D eigenvalue weighted by atomic mass is 10.4. The van der Waals surface area contributed by atoms with Gasteiger partial charge in [0.2, 0.25) is 5.15 Å². The second kappa shape index (κ2) is 3.15. The molecule has 0 aliphatic heterocycles. The van der Waals surface area contributed by atoms with Crippen molar-refractivity contribution in [1.29, 1.82) is 0 Å². The largest absolute Gasteiger partial charge is 0.292 e. The van der Waals surface area contributed by atoms with Crippen LogP contribution in [0.1, 0.15) is 0 Å². The number of nitrogens with zero attached hydrogens (tertiary/aromatic N) is 2. The van der Waals surface area contributed by atoms with E-state index in [0.717, 1.165) is 0 Å². The first-order valence-corrected chi connectivity index (χ1v) is 3.60. The molecule has 3 nitrogen and oxygen atoms in total. The Labute approximate surface area is 73.5 Å². The predicted molar refractivity (Wildman–Crippen MR) is 43.5 cm³/mol. The van der Waals surface area contributed by atoms with E-state index in [1.54, 1.807) is 0 Å². The summed E-state index contributed by atoms with van der Waals surface area (Å²) in [7, 11) is 1.34. The van der Waals surface area contributed by atoms with Gasteiger partial charge in [-0.1, -0.05) is 23.2 Å². The Morgan fingerprint density at radius 3 is 2.55 bits per heavy atom. The van der Waals surface area contributed by atoms with Crippen molar-refractivity contribution >= 4 is 28.9 Å². The van der Waals surface area contributed by atoms with Gasteiger partial charge in [-0.3, -0.25) is 0 Å². The summed E-state index contributed by atoms with van der Waals surface area (Å²) >= 11 is 11.1. The molecule has 1 rings (SSSR count). The third kappa shape index (κ3) is 1.88. The van der Waals surface area contributed by atoms with Crippen LogP contribution in [0, 0.1) is 4.91 Å². The number of hydrogen-bond donors (Lipinski definition) is 0. The van der Waals surface area contributed by atoms with Crippen molar-refractivity contribution in [2.24, 2.45) is 0 Å². The standard InChI is InChI=1S/C6H5Cl2N2O/c1-10(11)4-2-3-5(7)9-6(4)8/h2-3H,1H3/q+1. The highest BCUT2D eigenvalue weighted by Gasteiger charge is 2.13. The van der Waals surface area contributed by atoms with Crippen molar-refractivity contribution < 1.29 is 4.76 Å². The van der Waals surface area contributed by atoms with Gasteiger partial charge < -0.3 is 0 Å². The summed E-state index contributed by atoms with van der Waals surface area (Å²) < 4.78 is 0.631. The van der Waals surface area contributed by atoms with Crippen LogP contribution in [0.3, 0.4) is 0 Å². The maximum atomic E-state index is 10.7. The zero-order valence-electron chi connectivity index (χ0n) is 5.71. The normalized spacial score (nSPS) is 9.73. The van der Waals surface area contributed by atoms with Crippen LogP contribution < -0.4 is 0 Å². The zero-order chi connectivity index (χ0) is 8.43. The Bertz CT molecular complexity index is 301. The van der Waals surface area contributed by atoms with E-state index in [9.17, 15) is 4.91 Å². The van der Waals surface area contributed by atoms with Gasteiger partial charge in [-0.05, 0) is 6.07 Å². The molecule has 58 valence electrons. The van der Waals surface area contributed by atoms with E-state index in [-0.39, 0.29) is 10.3 Å².